The van der Waals surface area contributed by atoms with Crippen LogP contribution in [-0.4, -0.2) is 17.2 Å². The SMILES string of the molecule is N=C(C[N+](=O)[O-])c1cccs1. The number of rotatable bonds is 3. The highest BCUT2D eigenvalue weighted by atomic mass is 32.1. The van der Waals surface area contributed by atoms with Gasteiger partial charge in [0, 0.05) is 4.92 Å². The number of hydrogen-bond acceptors (Lipinski definition) is 4. The first-order chi connectivity index (χ1) is 5.20. The van der Waals surface area contributed by atoms with Gasteiger partial charge in [0.25, 0.3) is 0 Å². The van der Waals surface area contributed by atoms with Gasteiger partial charge in [0.1, 0.15) is 5.71 Å². The van der Waals surface area contributed by atoms with Crippen molar-refractivity contribution < 1.29 is 4.92 Å². The van der Waals surface area contributed by atoms with Gasteiger partial charge in [-0.15, -0.1) is 11.3 Å². The minimum atomic E-state index is -0.498. The molecule has 0 spiro atoms. The summed E-state index contributed by atoms with van der Waals surface area (Å²) in [7, 11) is 0. The highest BCUT2D eigenvalue weighted by Crippen LogP contribution is 2.08. The average Bonchev–Trinajstić information content (AvgIpc) is 2.35. The molecule has 1 aromatic rings. The third-order valence-electron chi connectivity index (χ3n) is 1.11. The standard InChI is InChI=1S/C6H6N2O2S/c7-5(4-8(9)10)6-2-1-3-11-6/h1-3,7H,4H2. The van der Waals surface area contributed by atoms with Crippen molar-refractivity contribution in [2.24, 2.45) is 0 Å². The van der Waals surface area contributed by atoms with Gasteiger partial charge in [-0.1, -0.05) is 6.07 Å². The molecule has 1 heterocycles. The van der Waals surface area contributed by atoms with E-state index in [1.165, 1.54) is 11.3 Å². The van der Waals surface area contributed by atoms with Crippen LogP contribution in [0.1, 0.15) is 4.88 Å². The Hall–Kier alpha value is -1.23. The van der Waals surface area contributed by atoms with Crippen LogP contribution in [0.15, 0.2) is 17.5 Å². The van der Waals surface area contributed by atoms with E-state index in [0.29, 0.717) is 4.88 Å². The van der Waals surface area contributed by atoms with Crippen molar-refractivity contribution in [1.29, 1.82) is 5.41 Å². The van der Waals surface area contributed by atoms with E-state index in [0.717, 1.165) is 0 Å². The van der Waals surface area contributed by atoms with E-state index < -0.39 is 4.92 Å². The molecule has 0 atom stereocenters. The normalized spacial score (nSPS) is 9.45. The Balaban J connectivity index is 2.64. The van der Waals surface area contributed by atoms with Crippen molar-refractivity contribution in [3.8, 4) is 0 Å². The summed E-state index contributed by atoms with van der Waals surface area (Å²) >= 11 is 1.34. The topological polar surface area (TPSA) is 67.0 Å². The monoisotopic (exact) mass is 170 g/mol. The summed E-state index contributed by atoms with van der Waals surface area (Å²) in [4.78, 5) is 10.1. The van der Waals surface area contributed by atoms with Crippen LogP contribution in [0.4, 0.5) is 0 Å². The van der Waals surface area contributed by atoms with Gasteiger partial charge in [-0.25, -0.2) is 0 Å². The molecule has 0 aliphatic rings. The molecule has 11 heavy (non-hydrogen) atoms. The lowest BCUT2D eigenvalue weighted by Crippen LogP contribution is -2.12. The number of nitrogens with zero attached hydrogens (tertiary/aromatic N) is 1. The molecule has 0 radical (unpaired) electrons. The lowest BCUT2D eigenvalue weighted by molar-refractivity contribution is -0.463. The van der Waals surface area contributed by atoms with Crippen molar-refractivity contribution in [3.05, 3.63) is 32.5 Å². The summed E-state index contributed by atoms with van der Waals surface area (Å²) in [5.74, 6) is 0. The fourth-order valence-electron chi connectivity index (χ4n) is 0.657. The smallest absolute Gasteiger partial charge is 0.246 e. The lowest BCUT2D eigenvalue weighted by Gasteiger charge is -1.91. The Bertz CT molecular complexity index is 268. The van der Waals surface area contributed by atoms with Gasteiger partial charge >= 0.3 is 0 Å². The predicted molar refractivity (Wildman–Crippen MR) is 43.0 cm³/mol. The van der Waals surface area contributed by atoms with Gasteiger partial charge in [-0.2, -0.15) is 0 Å². The summed E-state index contributed by atoms with van der Waals surface area (Å²) in [6.45, 7) is -0.388. The molecule has 0 aliphatic carbocycles. The first-order valence-corrected chi connectivity index (χ1v) is 3.81. The summed E-state index contributed by atoms with van der Waals surface area (Å²) in [6.07, 6.45) is 0. The van der Waals surface area contributed by atoms with Crippen LogP contribution in [0, 0.1) is 15.5 Å². The van der Waals surface area contributed by atoms with Crippen LogP contribution in [0.3, 0.4) is 0 Å². The molecule has 1 rings (SSSR count). The number of nitrogens with one attached hydrogen (secondary N) is 1. The summed E-state index contributed by atoms with van der Waals surface area (Å²) in [5, 5.41) is 19.0. The molecular weight excluding hydrogens is 164 g/mol. The third kappa shape index (κ3) is 2.12. The minimum Gasteiger partial charge on any atom is -0.297 e. The molecule has 0 fully saturated rings. The van der Waals surface area contributed by atoms with Gasteiger partial charge in [-0.3, -0.25) is 15.5 Å². The maximum absolute atomic E-state index is 9.97. The molecule has 1 N–H and O–H groups in total. The number of thiophene rings is 1. The van der Waals surface area contributed by atoms with E-state index >= 15 is 0 Å². The van der Waals surface area contributed by atoms with E-state index in [9.17, 15) is 10.1 Å². The van der Waals surface area contributed by atoms with Gasteiger partial charge in [0.15, 0.2) is 0 Å². The van der Waals surface area contributed by atoms with Gasteiger partial charge in [-0.05, 0) is 11.4 Å². The van der Waals surface area contributed by atoms with Crippen LogP contribution < -0.4 is 0 Å². The summed E-state index contributed by atoms with van der Waals surface area (Å²) < 4.78 is 0. The van der Waals surface area contributed by atoms with E-state index in [1.54, 1.807) is 17.5 Å². The van der Waals surface area contributed by atoms with E-state index in [-0.39, 0.29) is 12.3 Å². The maximum Gasteiger partial charge on any atom is 0.246 e. The number of hydrogen-bond donors (Lipinski definition) is 1. The summed E-state index contributed by atoms with van der Waals surface area (Å²) in [5.41, 5.74) is 0.0741. The van der Waals surface area contributed by atoms with Crippen molar-refractivity contribution in [2.45, 2.75) is 0 Å². The Kier molecular flexibility index (Phi) is 2.32. The van der Waals surface area contributed by atoms with Gasteiger partial charge in [0.2, 0.25) is 6.54 Å². The second-order valence-corrected chi connectivity index (χ2v) is 2.89. The van der Waals surface area contributed by atoms with E-state index in [2.05, 4.69) is 0 Å². The molecule has 0 aromatic carbocycles. The maximum atomic E-state index is 9.97. The average molecular weight is 170 g/mol. The molecule has 58 valence electrons. The quantitative estimate of drug-likeness (QED) is 0.423. The highest BCUT2D eigenvalue weighted by Gasteiger charge is 2.07. The lowest BCUT2D eigenvalue weighted by atomic mass is 10.3. The molecule has 4 nitrogen and oxygen atoms in total. The van der Waals surface area contributed by atoms with Gasteiger partial charge in [0.05, 0.1) is 4.88 Å². The predicted octanol–water partition coefficient (Wildman–Crippen LogP) is 1.39. The van der Waals surface area contributed by atoms with E-state index in [1.807, 2.05) is 0 Å². The van der Waals surface area contributed by atoms with Crippen molar-refractivity contribution in [1.82, 2.24) is 0 Å². The van der Waals surface area contributed by atoms with Crippen LogP contribution in [0.5, 0.6) is 0 Å². The van der Waals surface area contributed by atoms with Crippen molar-refractivity contribution in [3.63, 3.8) is 0 Å². The fraction of sp³-hybridized carbons (Fsp3) is 0.167. The second kappa shape index (κ2) is 3.25. The van der Waals surface area contributed by atoms with Crippen molar-refractivity contribution in [2.75, 3.05) is 6.54 Å². The largest absolute Gasteiger partial charge is 0.297 e. The van der Waals surface area contributed by atoms with Crippen LogP contribution in [-0.2, 0) is 0 Å². The molecule has 0 saturated carbocycles. The molecular formula is C6H6N2O2S. The first-order valence-electron chi connectivity index (χ1n) is 2.93. The van der Waals surface area contributed by atoms with Crippen molar-refractivity contribution >= 4 is 17.0 Å². The second-order valence-electron chi connectivity index (χ2n) is 1.95. The highest BCUT2D eigenvalue weighted by molar-refractivity contribution is 7.12. The Morgan fingerprint density at radius 1 is 1.82 bits per heavy atom. The molecule has 0 unspecified atom stereocenters. The van der Waals surface area contributed by atoms with Crippen LogP contribution >= 0.6 is 11.3 Å². The Morgan fingerprint density at radius 3 is 3.00 bits per heavy atom. The third-order valence-corrected chi connectivity index (χ3v) is 2.04. The van der Waals surface area contributed by atoms with E-state index in [4.69, 9.17) is 5.41 Å². The van der Waals surface area contributed by atoms with Gasteiger partial charge < -0.3 is 0 Å². The minimum absolute atomic E-state index is 0.0741. The Labute approximate surface area is 67.1 Å². The molecule has 0 bridgehead atoms. The zero-order valence-electron chi connectivity index (χ0n) is 5.61. The molecule has 0 amide bonds. The molecule has 1 aromatic heterocycles. The summed E-state index contributed by atoms with van der Waals surface area (Å²) in [6, 6.07) is 3.48. The zero-order chi connectivity index (χ0) is 8.27. The van der Waals surface area contributed by atoms with Crippen LogP contribution in [0.25, 0.3) is 0 Å². The molecule has 0 aliphatic heterocycles. The van der Waals surface area contributed by atoms with Crippen LogP contribution in [0.2, 0.25) is 0 Å². The number of nitro groups is 1. The zero-order valence-corrected chi connectivity index (χ0v) is 6.43. The molecule has 5 heteroatoms. The Morgan fingerprint density at radius 2 is 2.55 bits per heavy atom. The fourth-order valence-corrected chi connectivity index (χ4v) is 1.32. The molecule has 0 saturated heterocycles. The first kappa shape index (κ1) is 7.87.